The third kappa shape index (κ3) is 3.43. The number of carbonyl (C=O) groups excluding carboxylic acids is 1. The van der Waals surface area contributed by atoms with Crippen LogP contribution in [0, 0.1) is 0 Å². The minimum absolute atomic E-state index is 0.190. The molecule has 1 amide bonds. The first-order valence-corrected chi connectivity index (χ1v) is 9.18. The van der Waals surface area contributed by atoms with Crippen LogP contribution in [0.5, 0.6) is 0 Å². The first-order chi connectivity index (χ1) is 12.8. The summed E-state index contributed by atoms with van der Waals surface area (Å²) in [6.07, 6.45) is 3.77. The average Bonchev–Trinajstić information content (AvgIpc) is 3.32. The maximum Gasteiger partial charge on any atom is 0.281 e. The van der Waals surface area contributed by atoms with Gasteiger partial charge < -0.3 is 4.57 Å². The van der Waals surface area contributed by atoms with Gasteiger partial charge in [-0.2, -0.15) is 5.10 Å². The SMILES string of the molecule is O=C(NN=Cc1cn(Cc2ccccc2)c2ccccc12)c1cccs1. The number of benzene rings is 2. The molecule has 0 fully saturated rings. The van der Waals surface area contributed by atoms with E-state index >= 15 is 0 Å². The topological polar surface area (TPSA) is 46.4 Å². The fourth-order valence-electron chi connectivity index (χ4n) is 2.91. The number of aromatic nitrogens is 1. The molecule has 128 valence electrons. The van der Waals surface area contributed by atoms with Crippen LogP contribution in [0.2, 0.25) is 0 Å². The molecule has 4 aromatic rings. The number of carbonyl (C=O) groups is 1. The molecule has 0 aliphatic carbocycles. The summed E-state index contributed by atoms with van der Waals surface area (Å²) in [6, 6.07) is 22.2. The molecule has 0 bridgehead atoms. The van der Waals surface area contributed by atoms with E-state index in [0.29, 0.717) is 4.88 Å². The van der Waals surface area contributed by atoms with Gasteiger partial charge >= 0.3 is 0 Å². The van der Waals surface area contributed by atoms with E-state index in [0.717, 1.165) is 23.0 Å². The molecule has 0 atom stereocenters. The van der Waals surface area contributed by atoms with E-state index in [9.17, 15) is 4.79 Å². The van der Waals surface area contributed by atoms with E-state index in [-0.39, 0.29) is 5.91 Å². The normalized spacial score (nSPS) is 11.2. The Morgan fingerprint density at radius 2 is 1.85 bits per heavy atom. The fraction of sp³-hybridized carbons (Fsp3) is 0.0476. The number of nitrogens with one attached hydrogen (secondary N) is 1. The molecule has 0 saturated carbocycles. The van der Waals surface area contributed by atoms with Crippen molar-refractivity contribution in [1.82, 2.24) is 9.99 Å². The van der Waals surface area contributed by atoms with Crippen molar-refractivity contribution < 1.29 is 4.79 Å². The molecule has 2 aromatic carbocycles. The second-order valence-electron chi connectivity index (χ2n) is 5.89. The van der Waals surface area contributed by atoms with Gasteiger partial charge in [0, 0.05) is 29.2 Å². The summed E-state index contributed by atoms with van der Waals surface area (Å²) in [5.74, 6) is -0.190. The lowest BCUT2D eigenvalue weighted by Gasteiger charge is -2.05. The number of hydrogen-bond acceptors (Lipinski definition) is 3. The zero-order chi connectivity index (χ0) is 17.8. The third-order valence-electron chi connectivity index (χ3n) is 4.13. The van der Waals surface area contributed by atoms with Crippen molar-refractivity contribution in [3.8, 4) is 0 Å². The number of fused-ring (bicyclic) bond motifs is 1. The lowest BCUT2D eigenvalue weighted by atomic mass is 10.2. The summed E-state index contributed by atoms with van der Waals surface area (Å²) in [5, 5.41) is 7.12. The van der Waals surface area contributed by atoms with E-state index in [2.05, 4.69) is 45.6 Å². The minimum Gasteiger partial charge on any atom is -0.342 e. The zero-order valence-corrected chi connectivity index (χ0v) is 14.8. The predicted molar refractivity (Wildman–Crippen MR) is 107 cm³/mol. The van der Waals surface area contributed by atoms with Gasteiger partial charge in [-0.05, 0) is 23.1 Å². The van der Waals surface area contributed by atoms with Crippen LogP contribution in [-0.2, 0) is 6.54 Å². The largest absolute Gasteiger partial charge is 0.342 e. The van der Waals surface area contributed by atoms with Crippen LogP contribution >= 0.6 is 11.3 Å². The molecule has 0 unspecified atom stereocenters. The van der Waals surface area contributed by atoms with E-state index in [4.69, 9.17) is 0 Å². The number of hydrazone groups is 1. The molecule has 4 nitrogen and oxygen atoms in total. The maximum absolute atomic E-state index is 12.0. The van der Waals surface area contributed by atoms with Crippen molar-refractivity contribution in [1.29, 1.82) is 0 Å². The average molecular weight is 359 g/mol. The van der Waals surface area contributed by atoms with Gasteiger partial charge in [0.25, 0.3) is 5.91 Å². The monoisotopic (exact) mass is 359 g/mol. The van der Waals surface area contributed by atoms with Crippen LogP contribution in [-0.4, -0.2) is 16.7 Å². The number of nitrogens with zero attached hydrogens (tertiary/aromatic N) is 2. The highest BCUT2D eigenvalue weighted by atomic mass is 32.1. The molecule has 1 N–H and O–H groups in total. The smallest absolute Gasteiger partial charge is 0.281 e. The van der Waals surface area contributed by atoms with Crippen LogP contribution in [0.25, 0.3) is 10.9 Å². The quantitative estimate of drug-likeness (QED) is 0.413. The van der Waals surface area contributed by atoms with E-state index in [1.165, 1.54) is 16.9 Å². The molecule has 5 heteroatoms. The molecule has 0 spiro atoms. The van der Waals surface area contributed by atoms with E-state index in [1.807, 2.05) is 41.8 Å². The Morgan fingerprint density at radius 1 is 1.04 bits per heavy atom. The van der Waals surface area contributed by atoms with Gasteiger partial charge in [-0.25, -0.2) is 5.43 Å². The van der Waals surface area contributed by atoms with E-state index < -0.39 is 0 Å². The predicted octanol–water partition coefficient (Wildman–Crippen LogP) is 4.52. The Morgan fingerprint density at radius 3 is 2.65 bits per heavy atom. The number of hydrogen-bond donors (Lipinski definition) is 1. The highest BCUT2D eigenvalue weighted by Crippen LogP contribution is 2.21. The van der Waals surface area contributed by atoms with Crippen LogP contribution in [0.3, 0.4) is 0 Å². The molecular formula is C21H17N3OS. The van der Waals surface area contributed by atoms with Crippen molar-refractivity contribution in [2.45, 2.75) is 6.54 Å². The molecule has 26 heavy (non-hydrogen) atoms. The maximum atomic E-state index is 12.0. The van der Waals surface area contributed by atoms with Crippen molar-refractivity contribution in [3.63, 3.8) is 0 Å². The summed E-state index contributed by atoms with van der Waals surface area (Å²) < 4.78 is 2.20. The number of para-hydroxylation sites is 1. The van der Waals surface area contributed by atoms with Crippen molar-refractivity contribution >= 4 is 34.4 Å². The Kier molecular flexibility index (Phi) is 4.62. The second-order valence-corrected chi connectivity index (χ2v) is 6.84. The lowest BCUT2D eigenvalue weighted by Crippen LogP contribution is -2.16. The van der Waals surface area contributed by atoms with Crippen LogP contribution in [0.15, 0.2) is 83.4 Å². The Hall–Kier alpha value is -3.18. The first kappa shape index (κ1) is 16.3. The van der Waals surface area contributed by atoms with Crippen molar-refractivity contribution in [3.05, 3.63) is 94.3 Å². The Labute approximate surface area is 155 Å². The molecule has 4 rings (SSSR count). The summed E-state index contributed by atoms with van der Waals surface area (Å²) in [7, 11) is 0. The van der Waals surface area contributed by atoms with Gasteiger partial charge in [0.05, 0.1) is 11.1 Å². The lowest BCUT2D eigenvalue weighted by molar-refractivity contribution is 0.0959. The third-order valence-corrected chi connectivity index (χ3v) is 5.00. The van der Waals surface area contributed by atoms with Gasteiger partial charge in [0.1, 0.15) is 0 Å². The van der Waals surface area contributed by atoms with Gasteiger partial charge in [-0.1, -0.05) is 54.6 Å². The van der Waals surface area contributed by atoms with E-state index in [1.54, 1.807) is 12.3 Å². The van der Waals surface area contributed by atoms with Crippen LogP contribution in [0.4, 0.5) is 0 Å². The Balaban J connectivity index is 1.59. The number of amides is 1. The molecule has 0 aliphatic heterocycles. The fourth-order valence-corrected chi connectivity index (χ4v) is 3.53. The number of rotatable bonds is 5. The van der Waals surface area contributed by atoms with Gasteiger partial charge in [0.2, 0.25) is 0 Å². The minimum atomic E-state index is -0.190. The molecule has 2 aromatic heterocycles. The second kappa shape index (κ2) is 7.37. The number of thiophene rings is 1. The van der Waals surface area contributed by atoms with Gasteiger partial charge in [-0.3, -0.25) is 4.79 Å². The molecular weight excluding hydrogens is 342 g/mol. The van der Waals surface area contributed by atoms with Gasteiger partial charge in [0.15, 0.2) is 0 Å². The van der Waals surface area contributed by atoms with Crippen LogP contribution in [0.1, 0.15) is 20.8 Å². The van der Waals surface area contributed by atoms with Crippen molar-refractivity contribution in [2.75, 3.05) is 0 Å². The molecule has 2 heterocycles. The first-order valence-electron chi connectivity index (χ1n) is 8.30. The summed E-state index contributed by atoms with van der Waals surface area (Å²) in [4.78, 5) is 12.6. The molecule has 0 saturated heterocycles. The molecule has 0 radical (unpaired) electrons. The van der Waals surface area contributed by atoms with Gasteiger partial charge in [-0.15, -0.1) is 11.3 Å². The standard InChI is InChI=1S/C21H17N3OS/c25-21(20-11-6-12-26-20)23-22-13-17-15-24(14-16-7-2-1-3-8-16)19-10-5-4-9-18(17)19/h1-13,15H,14H2,(H,23,25). The Bertz CT molecular complexity index is 1050. The summed E-state index contributed by atoms with van der Waals surface area (Å²) in [6.45, 7) is 0.788. The highest BCUT2D eigenvalue weighted by Gasteiger charge is 2.08. The highest BCUT2D eigenvalue weighted by molar-refractivity contribution is 7.12. The summed E-state index contributed by atoms with van der Waals surface area (Å²) in [5.41, 5.74) is 5.94. The molecule has 0 aliphatic rings. The summed E-state index contributed by atoms with van der Waals surface area (Å²) >= 11 is 1.40. The zero-order valence-electron chi connectivity index (χ0n) is 14.0. The van der Waals surface area contributed by atoms with Crippen LogP contribution < -0.4 is 5.43 Å². The van der Waals surface area contributed by atoms with Crippen molar-refractivity contribution in [2.24, 2.45) is 5.10 Å².